The van der Waals surface area contributed by atoms with Gasteiger partial charge < -0.3 is 18.9 Å². The summed E-state index contributed by atoms with van der Waals surface area (Å²) in [5.74, 6) is 2.59. The molecule has 0 saturated carbocycles. The number of esters is 4. The molecule has 105 heavy (non-hydrogen) atoms. The molecule has 0 aliphatic carbocycles. The van der Waals surface area contributed by atoms with Crippen LogP contribution in [-0.4, -0.2) is 94.3 Å². The fraction of sp³-hybridized carbons (Fsp3) is 0.957. The Morgan fingerprint density at radius 3 is 0.438 bits per heavy atom. The van der Waals surface area contributed by atoms with E-state index >= 15 is 0 Å². The van der Waals surface area contributed by atoms with Gasteiger partial charge >= 0.3 is 23.9 Å². The molecule has 0 heterocycles. The molecule has 0 saturated heterocycles. The molecule has 0 rings (SSSR count). The number of carbonyl (C=O) groups is 4. The first-order valence-corrected chi connectivity index (χ1v) is 50.7. The minimum absolute atomic E-state index is 0.0614. The van der Waals surface area contributed by atoms with Crippen LogP contribution in [0.5, 0.6) is 0 Å². The number of hydrogen-bond acceptors (Lipinski definition) is 12. The monoisotopic (exact) mass is 1550 g/mol. The van der Waals surface area contributed by atoms with Gasteiger partial charge in [-0.2, -0.15) is 47.0 Å². The van der Waals surface area contributed by atoms with Crippen molar-refractivity contribution in [3.05, 3.63) is 0 Å². The summed E-state index contributed by atoms with van der Waals surface area (Å²) in [4.78, 5) is 55.4. The van der Waals surface area contributed by atoms with Crippen molar-refractivity contribution < 1.29 is 38.1 Å². The number of unbranched alkanes of at least 4 members (excludes halogenated alkanes) is 60. The van der Waals surface area contributed by atoms with Gasteiger partial charge in [-0.1, -0.05) is 441 Å². The average Bonchev–Trinajstić information content (AvgIpc) is 0.854. The van der Waals surface area contributed by atoms with E-state index in [0.29, 0.717) is 0 Å². The quantitative estimate of drug-likeness (QED) is 0.0329. The highest BCUT2D eigenvalue weighted by atomic mass is 32.2. The minimum Gasteiger partial charge on any atom is -0.465 e. The van der Waals surface area contributed by atoms with Crippen LogP contribution in [0.15, 0.2) is 0 Å². The molecule has 8 nitrogen and oxygen atoms in total. The highest BCUT2D eigenvalue weighted by Gasteiger charge is 2.39. The lowest BCUT2D eigenvalue weighted by Gasteiger charge is -2.32. The zero-order valence-electron chi connectivity index (χ0n) is 71.4. The maximum absolute atomic E-state index is 13.9. The second-order valence-corrected chi connectivity index (χ2v) is 39.1. The largest absolute Gasteiger partial charge is 0.465 e. The van der Waals surface area contributed by atoms with Crippen LogP contribution in [-0.2, 0) is 38.1 Å². The molecule has 0 N–H and O–H groups in total. The Kier molecular flexibility index (Phi) is 83.6. The molecule has 4 unspecified atom stereocenters. The first kappa shape index (κ1) is 104. The molecular formula is C93H180O8S4. The van der Waals surface area contributed by atoms with E-state index in [1.165, 1.54) is 385 Å². The molecule has 624 valence electrons. The molecule has 0 aliphatic heterocycles. The van der Waals surface area contributed by atoms with Gasteiger partial charge in [-0.05, 0) is 48.7 Å². The van der Waals surface area contributed by atoms with Crippen molar-refractivity contribution in [2.75, 3.05) is 49.4 Å². The zero-order chi connectivity index (χ0) is 76.5. The molecule has 0 radical (unpaired) electrons. The van der Waals surface area contributed by atoms with E-state index in [4.69, 9.17) is 18.9 Å². The van der Waals surface area contributed by atoms with Crippen molar-refractivity contribution in [3.63, 3.8) is 0 Å². The van der Waals surface area contributed by atoms with E-state index in [1.54, 1.807) is 0 Å². The smallest absolute Gasteiger partial charge is 0.306 e. The topological polar surface area (TPSA) is 105 Å². The molecule has 0 bridgehead atoms. The van der Waals surface area contributed by atoms with Crippen molar-refractivity contribution in [2.45, 2.75) is 513 Å². The fourth-order valence-corrected chi connectivity index (χ4v) is 18.4. The lowest BCUT2D eigenvalue weighted by molar-refractivity contribution is -0.170. The summed E-state index contributed by atoms with van der Waals surface area (Å²) in [6.45, 7) is 16.7. The average molecular weight is 1550 g/mol. The van der Waals surface area contributed by atoms with E-state index in [9.17, 15) is 19.2 Å². The van der Waals surface area contributed by atoms with Gasteiger partial charge in [-0.15, -0.1) is 0 Å². The van der Waals surface area contributed by atoms with Crippen LogP contribution in [0.3, 0.4) is 0 Å². The second-order valence-electron chi connectivity index (χ2n) is 32.9. The molecule has 0 aromatic heterocycles. The van der Waals surface area contributed by atoms with E-state index < -0.39 is 5.41 Å². The van der Waals surface area contributed by atoms with E-state index in [-0.39, 0.29) is 97.0 Å². The number of thioether (sulfide) groups is 4. The van der Waals surface area contributed by atoms with Gasteiger partial charge in [0.15, 0.2) is 0 Å². The van der Waals surface area contributed by atoms with Crippen LogP contribution < -0.4 is 0 Å². The summed E-state index contributed by atoms with van der Waals surface area (Å²) >= 11 is 7.28. The van der Waals surface area contributed by atoms with Crippen molar-refractivity contribution in [1.29, 1.82) is 0 Å². The Labute approximate surface area is 672 Å². The predicted octanol–water partition coefficient (Wildman–Crippen LogP) is 31.2. The van der Waals surface area contributed by atoms with Gasteiger partial charge in [0.1, 0.15) is 31.8 Å². The molecule has 0 aromatic rings. The molecule has 12 heteroatoms. The van der Waals surface area contributed by atoms with Crippen molar-refractivity contribution in [2.24, 2.45) is 5.41 Å². The third-order valence-corrected chi connectivity index (χ3v) is 26.6. The number of hydrogen-bond donors (Lipinski definition) is 0. The Morgan fingerprint density at radius 1 is 0.200 bits per heavy atom. The van der Waals surface area contributed by atoms with Gasteiger partial charge in [-0.3, -0.25) is 19.2 Å². The van der Waals surface area contributed by atoms with E-state index in [1.807, 2.05) is 47.0 Å². The van der Waals surface area contributed by atoms with Gasteiger partial charge in [0.25, 0.3) is 0 Å². The molecule has 0 aromatic carbocycles. The summed E-state index contributed by atoms with van der Waals surface area (Å²) < 4.78 is 24.6. The van der Waals surface area contributed by atoms with Crippen molar-refractivity contribution in [1.82, 2.24) is 0 Å². The van der Waals surface area contributed by atoms with Crippen LogP contribution in [0.1, 0.15) is 492 Å². The number of ether oxygens (including phenoxy) is 4. The molecular weight excluding hydrogens is 1370 g/mol. The number of carbonyl (C=O) groups excluding carboxylic acids is 4. The Hall–Kier alpha value is -0.720. The maximum atomic E-state index is 13.9. The summed E-state index contributed by atoms with van der Waals surface area (Å²) in [6.07, 6.45) is 87.0. The lowest BCUT2D eigenvalue weighted by atomic mass is 9.92. The third-order valence-electron chi connectivity index (χ3n) is 21.6. The van der Waals surface area contributed by atoms with Crippen LogP contribution in [0.25, 0.3) is 0 Å². The molecule has 0 spiro atoms. The third kappa shape index (κ3) is 79.7. The highest BCUT2D eigenvalue weighted by Crippen LogP contribution is 2.29. The standard InChI is InChI=1S/C93H180O8S4/c1-9-13-17-21-25-29-33-37-41-45-49-53-57-61-65-69-73-102-85(5)77-89(94)98-81-93(82-99-90(95)78-86(6)103-74-70-66-62-58-54-50-46-42-38-34-30-26-22-18-14-10-2,83-100-91(96)79-87(7)104-75-71-67-63-59-55-51-47-43-39-35-31-27-23-19-15-11-3)84-101-92(97)80-88(8)105-76-72-68-64-60-56-52-48-44-40-36-32-28-24-20-16-12-4/h85-88H,9-84H2,1-8H3. The summed E-state index contributed by atoms with van der Waals surface area (Å²) in [7, 11) is 0. The first-order chi connectivity index (χ1) is 51.4. The van der Waals surface area contributed by atoms with Crippen molar-refractivity contribution >= 4 is 70.9 Å². The SMILES string of the molecule is CCCCCCCCCCCCCCCCCCSC(C)CC(=O)OCC(COC(=O)CC(C)SCCCCCCCCCCCCCCCCCC)(COC(=O)CC(C)SCCCCCCCCCCCCCCCCCC)COC(=O)CC(C)SCCCCCCCCCCCCCCCCCC. The van der Waals surface area contributed by atoms with Crippen LogP contribution in [0.4, 0.5) is 0 Å². The van der Waals surface area contributed by atoms with Gasteiger partial charge in [0.05, 0.1) is 25.7 Å². The summed E-state index contributed by atoms with van der Waals surface area (Å²) in [6, 6.07) is 0. The fourth-order valence-electron chi connectivity index (χ4n) is 14.3. The van der Waals surface area contributed by atoms with Crippen LogP contribution in [0.2, 0.25) is 0 Å². The van der Waals surface area contributed by atoms with Gasteiger partial charge in [0.2, 0.25) is 0 Å². The first-order valence-electron chi connectivity index (χ1n) is 46.5. The Bertz CT molecular complexity index is 1550. The van der Waals surface area contributed by atoms with Crippen LogP contribution in [0, 0.1) is 5.41 Å². The Morgan fingerprint density at radius 2 is 0.314 bits per heavy atom. The molecule has 0 aliphatic rings. The van der Waals surface area contributed by atoms with Crippen LogP contribution >= 0.6 is 47.0 Å². The normalized spacial score (nSPS) is 13.4. The van der Waals surface area contributed by atoms with Gasteiger partial charge in [-0.25, -0.2) is 0 Å². The summed E-state index contributed by atoms with van der Waals surface area (Å²) in [5, 5.41) is 0.246. The van der Waals surface area contributed by atoms with Gasteiger partial charge in [0, 0.05) is 21.0 Å². The molecule has 0 amide bonds. The lowest BCUT2D eigenvalue weighted by Crippen LogP contribution is -2.44. The number of rotatable bonds is 88. The second kappa shape index (κ2) is 84.2. The van der Waals surface area contributed by atoms with E-state index in [0.717, 1.165) is 48.7 Å². The molecule has 0 fully saturated rings. The minimum atomic E-state index is -1.28. The maximum Gasteiger partial charge on any atom is 0.306 e. The summed E-state index contributed by atoms with van der Waals surface area (Å²) in [5.41, 5.74) is -1.28. The zero-order valence-corrected chi connectivity index (χ0v) is 74.7. The van der Waals surface area contributed by atoms with E-state index in [2.05, 4.69) is 55.4 Å². The van der Waals surface area contributed by atoms with Crippen molar-refractivity contribution in [3.8, 4) is 0 Å². The predicted molar refractivity (Wildman–Crippen MR) is 471 cm³/mol. The Balaban J connectivity index is 5.70. The molecule has 4 atom stereocenters. The highest BCUT2D eigenvalue weighted by molar-refractivity contribution is 8.00.